The van der Waals surface area contributed by atoms with Gasteiger partial charge in [-0.05, 0) is 41.8 Å². The van der Waals surface area contributed by atoms with Gasteiger partial charge < -0.3 is 5.32 Å². The molecule has 0 bridgehead atoms. The number of anilines is 1. The molecule has 0 unspecified atom stereocenters. The molecule has 1 amide bonds. The van der Waals surface area contributed by atoms with E-state index >= 15 is 0 Å². The van der Waals surface area contributed by atoms with Crippen molar-refractivity contribution in [1.82, 2.24) is 4.98 Å². The van der Waals surface area contributed by atoms with Crippen LogP contribution in [0.5, 0.6) is 0 Å². The number of benzene rings is 3. The summed E-state index contributed by atoms with van der Waals surface area (Å²) in [6.07, 6.45) is 1.36. The summed E-state index contributed by atoms with van der Waals surface area (Å²) in [7, 11) is 0. The fourth-order valence-electron chi connectivity index (χ4n) is 3.04. The van der Waals surface area contributed by atoms with Crippen molar-refractivity contribution in [2.24, 2.45) is 0 Å². The molecular weight excluding hydrogens is 352 g/mol. The highest BCUT2D eigenvalue weighted by molar-refractivity contribution is 7.21. The first-order valence-corrected chi connectivity index (χ1v) is 9.87. The van der Waals surface area contributed by atoms with Gasteiger partial charge in [0.25, 0.3) is 0 Å². The highest BCUT2D eigenvalue weighted by Crippen LogP contribution is 2.34. The third-order valence-electron chi connectivity index (χ3n) is 4.52. The van der Waals surface area contributed by atoms with Crippen molar-refractivity contribution in [3.63, 3.8) is 0 Å². The number of para-hydroxylation sites is 2. The van der Waals surface area contributed by atoms with E-state index in [0.717, 1.165) is 38.5 Å². The molecular formula is C23H20N2OS. The van der Waals surface area contributed by atoms with Crippen LogP contribution in [0.1, 0.15) is 18.1 Å². The Hall–Kier alpha value is -2.98. The molecule has 27 heavy (non-hydrogen) atoms. The molecule has 0 aliphatic rings. The van der Waals surface area contributed by atoms with Gasteiger partial charge in [-0.1, -0.05) is 55.5 Å². The first-order chi connectivity index (χ1) is 13.2. The van der Waals surface area contributed by atoms with E-state index in [1.165, 1.54) is 5.56 Å². The van der Waals surface area contributed by atoms with Crippen molar-refractivity contribution in [3.05, 3.63) is 83.9 Å². The molecule has 0 aliphatic carbocycles. The summed E-state index contributed by atoms with van der Waals surface area (Å²) in [5.41, 5.74) is 5.03. The summed E-state index contributed by atoms with van der Waals surface area (Å²) < 4.78 is 1.14. The smallest absolute Gasteiger partial charge is 0.228 e. The fraction of sp³-hybridized carbons (Fsp3) is 0.130. The maximum atomic E-state index is 12.6. The van der Waals surface area contributed by atoms with Gasteiger partial charge >= 0.3 is 0 Å². The number of thiazole rings is 1. The third kappa shape index (κ3) is 3.91. The molecule has 4 rings (SSSR count). The molecule has 1 N–H and O–H groups in total. The molecule has 0 saturated carbocycles. The molecule has 0 spiro atoms. The highest BCUT2D eigenvalue weighted by atomic mass is 32.1. The van der Waals surface area contributed by atoms with E-state index in [-0.39, 0.29) is 5.91 Å². The minimum Gasteiger partial charge on any atom is -0.325 e. The van der Waals surface area contributed by atoms with Gasteiger partial charge in [-0.15, -0.1) is 11.3 Å². The van der Waals surface area contributed by atoms with Crippen molar-refractivity contribution < 1.29 is 4.79 Å². The zero-order valence-electron chi connectivity index (χ0n) is 15.1. The van der Waals surface area contributed by atoms with Gasteiger partial charge in [0.1, 0.15) is 5.01 Å². The number of aryl methyl sites for hydroxylation is 1. The summed E-state index contributed by atoms with van der Waals surface area (Å²) in [5, 5.41) is 3.97. The Bertz CT molecular complexity index is 1050. The van der Waals surface area contributed by atoms with Gasteiger partial charge in [-0.25, -0.2) is 4.98 Å². The van der Waals surface area contributed by atoms with Crippen LogP contribution in [0.3, 0.4) is 0 Å². The first-order valence-electron chi connectivity index (χ1n) is 9.05. The minimum absolute atomic E-state index is 0.0205. The van der Waals surface area contributed by atoms with Crippen LogP contribution in [0, 0.1) is 0 Å². The number of rotatable bonds is 5. The van der Waals surface area contributed by atoms with Crippen LogP contribution < -0.4 is 5.32 Å². The van der Waals surface area contributed by atoms with Crippen LogP contribution in [0.15, 0.2) is 72.8 Å². The van der Waals surface area contributed by atoms with E-state index in [2.05, 4.69) is 30.4 Å². The van der Waals surface area contributed by atoms with Crippen molar-refractivity contribution in [2.75, 3.05) is 5.32 Å². The Morgan fingerprint density at radius 1 is 0.926 bits per heavy atom. The predicted octanol–water partition coefficient (Wildman–Crippen LogP) is 5.71. The fourth-order valence-corrected chi connectivity index (χ4v) is 4.04. The summed E-state index contributed by atoms with van der Waals surface area (Å²) in [4.78, 5) is 17.3. The zero-order chi connectivity index (χ0) is 18.6. The van der Waals surface area contributed by atoms with E-state index in [4.69, 9.17) is 4.98 Å². The van der Waals surface area contributed by atoms with E-state index in [1.807, 2.05) is 54.6 Å². The lowest BCUT2D eigenvalue weighted by molar-refractivity contribution is -0.115. The van der Waals surface area contributed by atoms with Crippen LogP contribution in [0.4, 0.5) is 5.69 Å². The van der Waals surface area contributed by atoms with E-state index < -0.39 is 0 Å². The molecule has 4 heteroatoms. The zero-order valence-corrected chi connectivity index (χ0v) is 15.9. The second kappa shape index (κ2) is 7.72. The number of hydrogen-bond donors (Lipinski definition) is 1. The Balaban J connectivity index is 1.56. The van der Waals surface area contributed by atoms with E-state index in [9.17, 15) is 4.79 Å². The van der Waals surface area contributed by atoms with Gasteiger partial charge in [-0.2, -0.15) is 0 Å². The number of amides is 1. The Kier molecular flexibility index (Phi) is 4.99. The molecule has 0 saturated heterocycles. The topological polar surface area (TPSA) is 42.0 Å². The predicted molar refractivity (Wildman–Crippen MR) is 113 cm³/mol. The number of nitrogens with zero attached hydrogens (tertiary/aromatic N) is 1. The van der Waals surface area contributed by atoms with Crippen molar-refractivity contribution in [3.8, 4) is 10.6 Å². The maximum Gasteiger partial charge on any atom is 0.228 e. The van der Waals surface area contributed by atoms with Crippen molar-refractivity contribution in [1.29, 1.82) is 0 Å². The molecule has 0 radical (unpaired) electrons. The number of carbonyl (C=O) groups excluding carboxylic acids is 1. The van der Waals surface area contributed by atoms with Gasteiger partial charge in [0.05, 0.1) is 22.3 Å². The van der Waals surface area contributed by atoms with Crippen molar-refractivity contribution >= 4 is 33.1 Å². The van der Waals surface area contributed by atoms with Gasteiger partial charge in [-0.3, -0.25) is 4.79 Å². The molecule has 3 nitrogen and oxygen atoms in total. The lowest BCUT2D eigenvalue weighted by atomic mass is 10.1. The molecule has 4 aromatic rings. The molecule has 1 heterocycles. The van der Waals surface area contributed by atoms with Crippen LogP contribution >= 0.6 is 11.3 Å². The minimum atomic E-state index is -0.0205. The van der Waals surface area contributed by atoms with Gasteiger partial charge in [0, 0.05) is 5.56 Å². The molecule has 1 aromatic heterocycles. The Morgan fingerprint density at radius 3 is 2.41 bits per heavy atom. The Morgan fingerprint density at radius 2 is 1.63 bits per heavy atom. The van der Waals surface area contributed by atoms with Crippen LogP contribution in [0.25, 0.3) is 20.8 Å². The highest BCUT2D eigenvalue weighted by Gasteiger charge is 2.12. The normalized spacial score (nSPS) is 10.9. The SMILES string of the molecule is CCc1ccc(CC(=O)Nc2ccccc2-c2nc3ccccc3s2)cc1. The molecule has 0 aliphatic heterocycles. The number of hydrogen-bond acceptors (Lipinski definition) is 3. The summed E-state index contributed by atoms with van der Waals surface area (Å²) in [6, 6.07) is 24.1. The summed E-state index contributed by atoms with van der Waals surface area (Å²) in [5.74, 6) is -0.0205. The van der Waals surface area contributed by atoms with E-state index in [1.54, 1.807) is 11.3 Å². The van der Waals surface area contributed by atoms with Crippen LogP contribution in [-0.4, -0.2) is 10.9 Å². The standard InChI is InChI=1S/C23H20N2OS/c1-2-16-11-13-17(14-12-16)15-22(26)24-19-8-4-3-7-18(19)23-25-20-9-5-6-10-21(20)27-23/h3-14H,2,15H2,1H3,(H,24,26). The third-order valence-corrected chi connectivity index (χ3v) is 5.59. The van der Waals surface area contributed by atoms with Crippen LogP contribution in [0.2, 0.25) is 0 Å². The number of carbonyl (C=O) groups is 1. The largest absolute Gasteiger partial charge is 0.325 e. The lowest BCUT2D eigenvalue weighted by Crippen LogP contribution is -2.15. The maximum absolute atomic E-state index is 12.6. The summed E-state index contributed by atoms with van der Waals surface area (Å²) in [6.45, 7) is 2.13. The average molecular weight is 372 g/mol. The first kappa shape index (κ1) is 17.4. The molecule has 134 valence electrons. The van der Waals surface area contributed by atoms with E-state index in [0.29, 0.717) is 6.42 Å². The second-order valence-electron chi connectivity index (χ2n) is 6.43. The molecule has 0 atom stereocenters. The summed E-state index contributed by atoms with van der Waals surface area (Å²) >= 11 is 1.64. The lowest BCUT2D eigenvalue weighted by Gasteiger charge is -2.09. The van der Waals surface area contributed by atoms with Gasteiger partial charge in [0.15, 0.2) is 0 Å². The number of fused-ring (bicyclic) bond motifs is 1. The monoisotopic (exact) mass is 372 g/mol. The average Bonchev–Trinajstić information content (AvgIpc) is 3.13. The second-order valence-corrected chi connectivity index (χ2v) is 7.46. The molecule has 0 fully saturated rings. The quantitative estimate of drug-likeness (QED) is 0.488. The number of nitrogens with one attached hydrogen (secondary N) is 1. The number of aromatic nitrogens is 1. The van der Waals surface area contributed by atoms with Crippen LogP contribution in [-0.2, 0) is 17.6 Å². The van der Waals surface area contributed by atoms with Gasteiger partial charge in [0.2, 0.25) is 5.91 Å². The molecule has 3 aromatic carbocycles. The van der Waals surface area contributed by atoms with Crippen molar-refractivity contribution in [2.45, 2.75) is 19.8 Å². The Labute approximate surface area is 162 Å².